The normalized spacial score (nSPS) is 16.4. The van der Waals surface area contributed by atoms with Gasteiger partial charge >= 0.3 is 5.97 Å². The van der Waals surface area contributed by atoms with E-state index in [0.717, 1.165) is 11.5 Å². The van der Waals surface area contributed by atoms with Crippen LogP contribution in [0.2, 0.25) is 0 Å². The first kappa shape index (κ1) is 18.0. The topological polar surface area (TPSA) is 47.4 Å². The molecule has 5 nitrogen and oxygen atoms in total. The molecule has 0 saturated heterocycles. The van der Waals surface area contributed by atoms with Gasteiger partial charge in [0, 0.05) is 32.5 Å². The molecule has 4 rings (SSSR count). The van der Waals surface area contributed by atoms with Gasteiger partial charge in [-0.3, -0.25) is 0 Å². The quantitative estimate of drug-likeness (QED) is 0.613. The lowest BCUT2D eigenvalue weighted by Gasteiger charge is -2.29. The summed E-state index contributed by atoms with van der Waals surface area (Å²) in [4.78, 5) is 19.1. The van der Waals surface area contributed by atoms with Crippen molar-refractivity contribution in [1.29, 1.82) is 0 Å². The van der Waals surface area contributed by atoms with E-state index in [1.807, 2.05) is 61.1 Å². The fourth-order valence-electron chi connectivity index (χ4n) is 3.59. The number of esters is 1. The molecule has 28 heavy (non-hydrogen) atoms. The third kappa shape index (κ3) is 3.56. The summed E-state index contributed by atoms with van der Waals surface area (Å²) in [5.74, 6) is 0.445. The number of rotatable bonds is 6. The zero-order valence-electron chi connectivity index (χ0n) is 16.1. The van der Waals surface area contributed by atoms with Crippen LogP contribution in [0.3, 0.4) is 0 Å². The Hall–Kier alpha value is -3.34. The summed E-state index contributed by atoms with van der Waals surface area (Å²) in [7, 11) is 1.92. The molecule has 1 atom stereocenters. The summed E-state index contributed by atoms with van der Waals surface area (Å²) < 4.78 is 7.63. The second-order valence-corrected chi connectivity index (χ2v) is 7.02. The van der Waals surface area contributed by atoms with Crippen LogP contribution in [0.1, 0.15) is 30.0 Å². The van der Waals surface area contributed by atoms with Crippen molar-refractivity contribution < 1.29 is 9.53 Å². The maximum atomic E-state index is 12.5. The van der Waals surface area contributed by atoms with E-state index in [1.54, 1.807) is 6.20 Å². The predicted molar refractivity (Wildman–Crippen MR) is 107 cm³/mol. The molecule has 0 radical (unpaired) electrons. The van der Waals surface area contributed by atoms with Gasteiger partial charge in [0.15, 0.2) is 11.9 Å². The van der Waals surface area contributed by atoms with Crippen LogP contribution in [-0.4, -0.2) is 20.4 Å². The van der Waals surface area contributed by atoms with Crippen molar-refractivity contribution in [3.05, 3.63) is 101 Å². The number of cyclic esters (lactones) is 1. The van der Waals surface area contributed by atoms with Gasteiger partial charge < -0.3 is 14.2 Å². The molecule has 142 valence electrons. The van der Waals surface area contributed by atoms with Crippen LogP contribution in [0, 0.1) is 0 Å². The van der Waals surface area contributed by atoms with E-state index in [4.69, 9.17) is 4.74 Å². The minimum absolute atomic E-state index is 0.283. The van der Waals surface area contributed by atoms with Crippen LogP contribution in [0.15, 0.2) is 84.3 Å². The van der Waals surface area contributed by atoms with Gasteiger partial charge in [-0.25, -0.2) is 9.78 Å². The number of hydrogen-bond acceptors (Lipinski definition) is 4. The summed E-state index contributed by atoms with van der Waals surface area (Å²) in [5, 5.41) is 0. The highest BCUT2D eigenvalue weighted by molar-refractivity contribution is 5.91. The molecular weight excluding hydrogens is 350 g/mol. The van der Waals surface area contributed by atoms with Gasteiger partial charge in [-0.2, -0.15) is 0 Å². The molecule has 1 aliphatic heterocycles. The molecule has 0 amide bonds. The number of aryl methyl sites for hydroxylation is 1. The maximum Gasteiger partial charge on any atom is 0.336 e. The lowest BCUT2D eigenvalue weighted by Crippen LogP contribution is -2.26. The standard InChI is InChI=1S/C23H23N3O2/c1-17-20(21(28-23(17)27)22-24-13-14-25(22)2)26(15-18-9-5-3-6-10-18)16-19-11-7-4-8-12-19/h3-14,21H,15-16H2,1-2H3. The Morgan fingerprint density at radius 3 is 2.07 bits per heavy atom. The summed E-state index contributed by atoms with van der Waals surface area (Å²) in [6.45, 7) is 3.20. The Balaban J connectivity index is 1.74. The van der Waals surface area contributed by atoms with E-state index in [9.17, 15) is 4.79 Å². The van der Waals surface area contributed by atoms with Crippen LogP contribution in [0.4, 0.5) is 0 Å². The molecule has 1 unspecified atom stereocenters. The van der Waals surface area contributed by atoms with E-state index in [0.29, 0.717) is 18.7 Å². The zero-order valence-corrected chi connectivity index (χ0v) is 16.1. The molecular formula is C23H23N3O2. The lowest BCUT2D eigenvalue weighted by atomic mass is 10.1. The minimum atomic E-state index is -0.500. The average Bonchev–Trinajstić information content (AvgIpc) is 3.26. The van der Waals surface area contributed by atoms with Crippen LogP contribution >= 0.6 is 0 Å². The highest BCUT2D eigenvalue weighted by atomic mass is 16.6. The SMILES string of the molecule is CC1=C(N(Cc2ccccc2)Cc2ccccc2)C(c2nccn2C)OC1=O. The Labute approximate surface area is 164 Å². The van der Waals surface area contributed by atoms with Gasteiger partial charge in [0.2, 0.25) is 0 Å². The van der Waals surface area contributed by atoms with Crippen molar-refractivity contribution >= 4 is 5.97 Å². The second-order valence-electron chi connectivity index (χ2n) is 7.02. The lowest BCUT2D eigenvalue weighted by molar-refractivity contribution is -0.140. The highest BCUT2D eigenvalue weighted by Gasteiger charge is 2.38. The first-order valence-electron chi connectivity index (χ1n) is 9.35. The third-order valence-corrected chi connectivity index (χ3v) is 5.03. The summed E-state index contributed by atoms with van der Waals surface area (Å²) in [5.41, 5.74) is 3.88. The number of nitrogens with zero attached hydrogens (tertiary/aromatic N) is 3. The van der Waals surface area contributed by atoms with Gasteiger partial charge in [-0.15, -0.1) is 0 Å². The molecule has 1 aromatic heterocycles. The summed E-state index contributed by atoms with van der Waals surface area (Å²) in [6, 6.07) is 20.5. The Bertz CT molecular complexity index is 951. The number of ether oxygens (including phenoxy) is 1. The average molecular weight is 373 g/mol. The van der Waals surface area contributed by atoms with E-state index >= 15 is 0 Å². The van der Waals surface area contributed by atoms with Crippen molar-refractivity contribution in [3.63, 3.8) is 0 Å². The van der Waals surface area contributed by atoms with Crippen LogP contribution < -0.4 is 0 Å². The second kappa shape index (κ2) is 7.72. The molecule has 0 spiro atoms. The minimum Gasteiger partial charge on any atom is -0.444 e. The molecule has 0 bridgehead atoms. The van der Waals surface area contributed by atoms with E-state index in [-0.39, 0.29) is 5.97 Å². The van der Waals surface area contributed by atoms with E-state index in [2.05, 4.69) is 34.1 Å². The smallest absolute Gasteiger partial charge is 0.336 e. The number of imidazole rings is 1. The van der Waals surface area contributed by atoms with E-state index in [1.165, 1.54) is 11.1 Å². The molecule has 3 aromatic rings. The third-order valence-electron chi connectivity index (χ3n) is 5.03. The Kier molecular flexibility index (Phi) is 4.98. The first-order chi connectivity index (χ1) is 13.6. The molecule has 2 aromatic carbocycles. The van der Waals surface area contributed by atoms with Gasteiger partial charge in [-0.1, -0.05) is 60.7 Å². The number of carbonyl (C=O) groups is 1. The Morgan fingerprint density at radius 2 is 1.57 bits per heavy atom. The maximum absolute atomic E-state index is 12.5. The van der Waals surface area contributed by atoms with Crippen LogP contribution in [0.5, 0.6) is 0 Å². The molecule has 5 heteroatoms. The summed E-state index contributed by atoms with van der Waals surface area (Å²) >= 11 is 0. The number of carbonyl (C=O) groups excluding carboxylic acids is 1. The van der Waals surface area contributed by atoms with Gasteiger partial charge in [0.1, 0.15) is 0 Å². The fourth-order valence-corrected chi connectivity index (χ4v) is 3.59. The first-order valence-corrected chi connectivity index (χ1v) is 9.35. The number of hydrogen-bond donors (Lipinski definition) is 0. The molecule has 1 aliphatic rings. The van der Waals surface area contributed by atoms with Crippen molar-refractivity contribution in [2.45, 2.75) is 26.1 Å². The molecule has 2 heterocycles. The van der Waals surface area contributed by atoms with Crippen molar-refractivity contribution in [2.75, 3.05) is 0 Å². The highest BCUT2D eigenvalue weighted by Crippen LogP contribution is 2.37. The van der Waals surface area contributed by atoms with Gasteiger partial charge in [-0.05, 0) is 18.1 Å². The van der Waals surface area contributed by atoms with Gasteiger partial charge in [0.05, 0.1) is 11.3 Å². The zero-order chi connectivity index (χ0) is 19.5. The summed E-state index contributed by atoms with van der Waals surface area (Å²) in [6.07, 6.45) is 3.10. The number of benzene rings is 2. The van der Waals surface area contributed by atoms with Crippen LogP contribution in [-0.2, 0) is 29.7 Å². The fraction of sp³-hybridized carbons (Fsp3) is 0.217. The van der Waals surface area contributed by atoms with Crippen molar-refractivity contribution in [1.82, 2.24) is 14.5 Å². The van der Waals surface area contributed by atoms with E-state index < -0.39 is 6.10 Å². The molecule has 0 aliphatic carbocycles. The molecule has 0 fully saturated rings. The van der Waals surface area contributed by atoms with Crippen molar-refractivity contribution in [2.24, 2.45) is 7.05 Å². The predicted octanol–water partition coefficient (Wildman–Crippen LogP) is 3.99. The number of aromatic nitrogens is 2. The Morgan fingerprint density at radius 1 is 1.00 bits per heavy atom. The van der Waals surface area contributed by atoms with Crippen LogP contribution in [0.25, 0.3) is 0 Å². The molecule has 0 N–H and O–H groups in total. The van der Waals surface area contributed by atoms with Crippen molar-refractivity contribution in [3.8, 4) is 0 Å². The monoisotopic (exact) mass is 373 g/mol. The van der Waals surface area contributed by atoms with Gasteiger partial charge in [0.25, 0.3) is 0 Å². The largest absolute Gasteiger partial charge is 0.444 e. The molecule has 0 saturated carbocycles.